The van der Waals surface area contributed by atoms with Crippen molar-refractivity contribution in [3.05, 3.63) is 11.8 Å². The molecule has 0 heterocycles. The van der Waals surface area contributed by atoms with Crippen molar-refractivity contribution in [3.63, 3.8) is 0 Å². The van der Waals surface area contributed by atoms with Crippen LogP contribution in [0.15, 0.2) is 11.8 Å². The molecule has 0 bridgehead atoms. The SMILES string of the molecule is CC1CCCC(CCNC2=CC(=O)CC2)C1. The van der Waals surface area contributed by atoms with Crippen LogP contribution in [0.2, 0.25) is 0 Å². The first kappa shape index (κ1) is 11.7. The molecule has 2 rings (SSSR count). The minimum absolute atomic E-state index is 0.286. The Morgan fingerprint density at radius 1 is 1.38 bits per heavy atom. The van der Waals surface area contributed by atoms with Gasteiger partial charge in [-0.05, 0) is 31.1 Å². The maximum atomic E-state index is 11.0. The molecule has 0 aromatic carbocycles. The molecule has 0 amide bonds. The van der Waals surface area contributed by atoms with Crippen molar-refractivity contribution in [2.24, 2.45) is 11.8 Å². The highest BCUT2D eigenvalue weighted by molar-refractivity contribution is 5.92. The summed E-state index contributed by atoms with van der Waals surface area (Å²) >= 11 is 0. The highest BCUT2D eigenvalue weighted by Crippen LogP contribution is 2.30. The predicted octanol–water partition coefficient (Wildman–Crippen LogP) is 3.04. The molecule has 0 saturated heterocycles. The lowest BCUT2D eigenvalue weighted by Gasteiger charge is -2.26. The van der Waals surface area contributed by atoms with Gasteiger partial charge in [0.25, 0.3) is 0 Å². The summed E-state index contributed by atoms with van der Waals surface area (Å²) < 4.78 is 0. The van der Waals surface area contributed by atoms with Crippen molar-refractivity contribution in [2.75, 3.05) is 6.54 Å². The number of ketones is 1. The fraction of sp³-hybridized carbons (Fsp3) is 0.786. The van der Waals surface area contributed by atoms with Crippen LogP contribution in [0.4, 0.5) is 0 Å². The van der Waals surface area contributed by atoms with E-state index in [1.165, 1.54) is 32.1 Å². The first-order valence-corrected chi connectivity index (χ1v) is 6.71. The van der Waals surface area contributed by atoms with Gasteiger partial charge in [-0.15, -0.1) is 0 Å². The molecule has 1 saturated carbocycles. The van der Waals surface area contributed by atoms with Crippen LogP contribution in [-0.2, 0) is 4.79 Å². The molecule has 2 unspecified atom stereocenters. The summed E-state index contributed by atoms with van der Waals surface area (Å²) in [5.41, 5.74) is 1.16. The first-order chi connectivity index (χ1) is 7.74. The third-order valence-corrected chi connectivity index (χ3v) is 3.93. The van der Waals surface area contributed by atoms with Crippen LogP contribution >= 0.6 is 0 Å². The maximum absolute atomic E-state index is 11.0. The Labute approximate surface area is 98.5 Å². The number of carbonyl (C=O) groups excluding carboxylic acids is 1. The number of rotatable bonds is 4. The lowest BCUT2D eigenvalue weighted by Crippen LogP contribution is -2.20. The molecule has 1 fully saturated rings. The second kappa shape index (κ2) is 5.51. The van der Waals surface area contributed by atoms with Crippen molar-refractivity contribution in [1.29, 1.82) is 0 Å². The van der Waals surface area contributed by atoms with Crippen LogP contribution in [0.1, 0.15) is 51.9 Å². The van der Waals surface area contributed by atoms with E-state index in [0.29, 0.717) is 6.42 Å². The van der Waals surface area contributed by atoms with Gasteiger partial charge in [-0.25, -0.2) is 0 Å². The van der Waals surface area contributed by atoms with E-state index in [9.17, 15) is 4.79 Å². The highest BCUT2D eigenvalue weighted by atomic mass is 16.1. The molecule has 90 valence electrons. The largest absolute Gasteiger partial charge is 0.388 e. The van der Waals surface area contributed by atoms with Gasteiger partial charge in [-0.1, -0.05) is 26.2 Å². The Hall–Kier alpha value is -0.790. The summed E-state index contributed by atoms with van der Waals surface area (Å²) in [5, 5.41) is 3.41. The third-order valence-electron chi connectivity index (χ3n) is 3.93. The van der Waals surface area contributed by atoms with Crippen molar-refractivity contribution in [2.45, 2.75) is 51.9 Å². The Morgan fingerprint density at radius 2 is 2.25 bits per heavy atom. The smallest absolute Gasteiger partial charge is 0.157 e. The van der Waals surface area contributed by atoms with E-state index < -0.39 is 0 Å². The van der Waals surface area contributed by atoms with Crippen LogP contribution in [0.25, 0.3) is 0 Å². The number of hydrogen-bond donors (Lipinski definition) is 1. The standard InChI is InChI=1S/C14H23NO/c1-11-3-2-4-12(9-11)7-8-15-13-5-6-14(16)10-13/h10-12,15H,2-9H2,1H3. The molecule has 2 heteroatoms. The van der Waals surface area contributed by atoms with E-state index in [2.05, 4.69) is 12.2 Å². The monoisotopic (exact) mass is 221 g/mol. The summed E-state index contributed by atoms with van der Waals surface area (Å²) in [4.78, 5) is 11.0. The summed E-state index contributed by atoms with van der Waals surface area (Å²) in [7, 11) is 0. The van der Waals surface area contributed by atoms with Crippen LogP contribution < -0.4 is 5.32 Å². The van der Waals surface area contributed by atoms with Gasteiger partial charge in [0.05, 0.1) is 0 Å². The molecule has 2 aliphatic rings. The van der Waals surface area contributed by atoms with E-state index >= 15 is 0 Å². The minimum atomic E-state index is 0.286. The maximum Gasteiger partial charge on any atom is 0.157 e. The van der Waals surface area contributed by atoms with Gasteiger partial charge in [0.1, 0.15) is 0 Å². The second-order valence-electron chi connectivity index (χ2n) is 5.49. The second-order valence-corrected chi connectivity index (χ2v) is 5.49. The number of hydrogen-bond acceptors (Lipinski definition) is 2. The van der Waals surface area contributed by atoms with Gasteiger partial charge >= 0.3 is 0 Å². The van der Waals surface area contributed by atoms with E-state index in [4.69, 9.17) is 0 Å². The number of allylic oxidation sites excluding steroid dienone is 2. The molecular weight excluding hydrogens is 198 g/mol. The summed E-state index contributed by atoms with van der Waals surface area (Å²) in [5.74, 6) is 2.12. The molecule has 2 nitrogen and oxygen atoms in total. The normalized spacial score (nSPS) is 30.3. The molecule has 16 heavy (non-hydrogen) atoms. The van der Waals surface area contributed by atoms with Gasteiger partial charge in [0.15, 0.2) is 5.78 Å². The lowest BCUT2D eigenvalue weighted by molar-refractivity contribution is -0.114. The van der Waals surface area contributed by atoms with E-state index in [0.717, 1.165) is 30.5 Å². The molecule has 0 radical (unpaired) electrons. The molecule has 0 aliphatic heterocycles. The number of nitrogens with one attached hydrogen (secondary N) is 1. The van der Waals surface area contributed by atoms with Crippen LogP contribution in [0.3, 0.4) is 0 Å². The molecule has 0 aromatic heterocycles. The summed E-state index contributed by atoms with van der Waals surface area (Å²) in [6, 6.07) is 0. The molecule has 0 spiro atoms. The quantitative estimate of drug-likeness (QED) is 0.790. The number of carbonyl (C=O) groups is 1. The predicted molar refractivity (Wildman–Crippen MR) is 66.1 cm³/mol. The average Bonchev–Trinajstić information content (AvgIpc) is 2.64. The average molecular weight is 221 g/mol. The molecule has 2 aliphatic carbocycles. The zero-order valence-corrected chi connectivity index (χ0v) is 10.3. The van der Waals surface area contributed by atoms with Gasteiger partial charge in [0, 0.05) is 24.7 Å². The zero-order valence-electron chi connectivity index (χ0n) is 10.3. The van der Waals surface area contributed by atoms with Crippen LogP contribution in [0.5, 0.6) is 0 Å². The summed E-state index contributed by atoms with van der Waals surface area (Å²) in [6.07, 6.45) is 10.3. The third kappa shape index (κ3) is 3.36. The molecular formula is C14H23NO. The Bertz CT molecular complexity index is 282. The molecule has 1 N–H and O–H groups in total. The van der Waals surface area contributed by atoms with Gasteiger partial charge in [0.2, 0.25) is 0 Å². The van der Waals surface area contributed by atoms with E-state index in [1.807, 2.05) is 0 Å². The van der Waals surface area contributed by atoms with Crippen LogP contribution in [0, 0.1) is 11.8 Å². The first-order valence-electron chi connectivity index (χ1n) is 6.71. The van der Waals surface area contributed by atoms with Gasteiger partial charge < -0.3 is 5.32 Å². The van der Waals surface area contributed by atoms with Gasteiger partial charge in [-0.3, -0.25) is 4.79 Å². The Kier molecular flexibility index (Phi) is 4.03. The highest BCUT2D eigenvalue weighted by Gasteiger charge is 2.18. The fourth-order valence-corrected chi connectivity index (χ4v) is 2.99. The van der Waals surface area contributed by atoms with Crippen molar-refractivity contribution < 1.29 is 4.79 Å². The Morgan fingerprint density at radius 3 is 2.94 bits per heavy atom. The zero-order chi connectivity index (χ0) is 11.4. The van der Waals surface area contributed by atoms with E-state index in [-0.39, 0.29) is 5.78 Å². The van der Waals surface area contributed by atoms with Crippen LogP contribution in [-0.4, -0.2) is 12.3 Å². The fourth-order valence-electron chi connectivity index (χ4n) is 2.99. The minimum Gasteiger partial charge on any atom is -0.388 e. The molecule has 2 atom stereocenters. The topological polar surface area (TPSA) is 29.1 Å². The lowest BCUT2D eigenvalue weighted by atomic mass is 9.81. The van der Waals surface area contributed by atoms with E-state index in [1.54, 1.807) is 6.08 Å². The van der Waals surface area contributed by atoms with Gasteiger partial charge in [-0.2, -0.15) is 0 Å². The Balaban J connectivity index is 1.64. The van der Waals surface area contributed by atoms with Crippen molar-refractivity contribution in [3.8, 4) is 0 Å². The molecule has 0 aromatic rings. The van der Waals surface area contributed by atoms with Crippen molar-refractivity contribution >= 4 is 5.78 Å². The summed E-state index contributed by atoms with van der Waals surface area (Å²) in [6.45, 7) is 3.42. The van der Waals surface area contributed by atoms with Crippen molar-refractivity contribution in [1.82, 2.24) is 5.32 Å².